The molecule has 15 heavy (non-hydrogen) atoms. The predicted octanol–water partition coefficient (Wildman–Crippen LogP) is 1.10. The quantitative estimate of drug-likeness (QED) is 0.676. The number of carbonyl (C=O) groups excluding carboxylic acids is 2. The van der Waals surface area contributed by atoms with Crippen LogP contribution in [0, 0.1) is 6.92 Å². The van der Waals surface area contributed by atoms with Crippen molar-refractivity contribution in [2.45, 2.75) is 26.2 Å². The first-order valence-corrected chi connectivity index (χ1v) is 4.89. The lowest BCUT2D eigenvalue weighted by atomic mass is 10.0. The van der Waals surface area contributed by atoms with Crippen LogP contribution in [0.25, 0.3) is 0 Å². The van der Waals surface area contributed by atoms with Crippen molar-refractivity contribution in [3.63, 3.8) is 0 Å². The summed E-state index contributed by atoms with van der Waals surface area (Å²) >= 11 is 0. The Balaban J connectivity index is 2.50. The Kier molecular flexibility index (Phi) is 4.03. The second kappa shape index (κ2) is 5.29. The summed E-state index contributed by atoms with van der Waals surface area (Å²) in [4.78, 5) is 21.7. The average Bonchev–Trinajstić information content (AvgIpc) is 2.17. The molecule has 1 aromatic rings. The first-order chi connectivity index (χ1) is 7.09. The summed E-state index contributed by atoms with van der Waals surface area (Å²) in [5.74, 6) is -1.12. The van der Waals surface area contributed by atoms with Crippen molar-refractivity contribution >= 4 is 11.8 Å². The average molecular weight is 205 g/mol. The zero-order valence-electron chi connectivity index (χ0n) is 8.66. The molecule has 0 fully saturated rings. The first-order valence-electron chi connectivity index (χ1n) is 4.89. The summed E-state index contributed by atoms with van der Waals surface area (Å²) in [5.41, 5.74) is 1.68. The van der Waals surface area contributed by atoms with Gasteiger partial charge in [-0.3, -0.25) is 4.79 Å². The van der Waals surface area contributed by atoms with Gasteiger partial charge in [-0.15, -0.1) is 0 Å². The Morgan fingerprint density at radius 1 is 1.27 bits per heavy atom. The number of benzene rings is 1. The van der Waals surface area contributed by atoms with Crippen LogP contribution >= 0.6 is 0 Å². The molecule has 0 radical (unpaired) electrons. The number of hydrogen-bond donors (Lipinski definition) is 0. The van der Waals surface area contributed by atoms with Gasteiger partial charge in [0, 0.05) is 18.0 Å². The van der Waals surface area contributed by atoms with Gasteiger partial charge in [0.2, 0.25) is 0 Å². The minimum atomic E-state index is -1.10. The van der Waals surface area contributed by atoms with E-state index in [1.165, 1.54) is 0 Å². The molecule has 1 rings (SSSR count). The molecule has 0 spiro atoms. The van der Waals surface area contributed by atoms with Crippen LogP contribution in [0.2, 0.25) is 0 Å². The highest BCUT2D eigenvalue weighted by molar-refractivity contribution is 5.96. The lowest BCUT2D eigenvalue weighted by Gasteiger charge is -2.03. The molecule has 3 heteroatoms. The number of carboxylic acid groups (broad SMARTS) is 1. The van der Waals surface area contributed by atoms with E-state index in [2.05, 4.69) is 0 Å². The summed E-state index contributed by atoms with van der Waals surface area (Å²) in [6, 6.07) is 7.29. The molecule has 0 amide bonds. The van der Waals surface area contributed by atoms with Gasteiger partial charge in [0.25, 0.3) is 0 Å². The maximum atomic E-state index is 11.6. The Hall–Kier alpha value is -1.64. The van der Waals surface area contributed by atoms with Gasteiger partial charge in [0.05, 0.1) is 0 Å². The Labute approximate surface area is 88.7 Å². The van der Waals surface area contributed by atoms with Crippen molar-refractivity contribution < 1.29 is 14.7 Å². The van der Waals surface area contributed by atoms with Gasteiger partial charge in [-0.2, -0.15) is 0 Å². The molecule has 0 heterocycles. The number of carbonyl (C=O) groups is 2. The molecular weight excluding hydrogens is 192 g/mol. The van der Waals surface area contributed by atoms with Crippen molar-refractivity contribution in [3.05, 3.63) is 35.4 Å². The molecule has 0 aromatic heterocycles. The summed E-state index contributed by atoms with van der Waals surface area (Å²) < 4.78 is 0. The molecule has 80 valence electrons. The molecular formula is C12H13O3-. The molecule has 0 saturated carbocycles. The van der Waals surface area contributed by atoms with Crippen LogP contribution in [0.1, 0.15) is 35.2 Å². The minimum absolute atomic E-state index is 0.0139. The van der Waals surface area contributed by atoms with Crippen LogP contribution in [-0.2, 0) is 4.79 Å². The van der Waals surface area contributed by atoms with Crippen molar-refractivity contribution in [2.75, 3.05) is 0 Å². The Morgan fingerprint density at radius 2 is 2.00 bits per heavy atom. The molecule has 3 nitrogen and oxygen atoms in total. The zero-order valence-corrected chi connectivity index (χ0v) is 8.66. The second-order valence-electron chi connectivity index (χ2n) is 3.52. The third kappa shape index (κ3) is 3.94. The molecule has 0 unspecified atom stereocenters. The molecule has 0 atom stereocenters. The minimum Gasteiger partial charge on any atom is -0.550 e. The third-order valence-electron chi connectivity index (χ3n) is 2.12. The van der Waals surface area contributed by atoms with E-state index in [1.807, 2.05) is 19.1 Å². The SMILES string of the molecule is Cc1cccc(C(=O)CCCC(=O)[O-])c1. The van der Waals surface area contributed by atoms with Crippen molar-refractivity contribution in [1.29, 1.82) is 0 Å². The fourth-order valence-corrected chi connectivity index (χ4v) is 1.36. The molecule has 0 saturated heterocycles. The van der Waals surface area contributed by atoms with E-state index in [4.69, 9.17) is 0 Å². The maximum absolute atomic E-state index is 11.6. The van der Waals surface area contributed by atoms with E-state index in [1.54, 1.807) is 12.1 Å². The lowest BCUT2D eigenvalue weighted by Crippen LogP contribution is -2.21. The zero-order chi connectivity index (χ0) is 11.3. The molecule has 0 aliphatic rings. The van der Waals surface area contributed by atoms with Gasteiger partial charge in [-0.25, -0.2) is 0 Å². The Morgan fingerprint density at radius 3 is 2.60 bits per heavy atom. The number of aliphatic carboxylic acids is 1. The van der Waals surface area contributed by atoms with E-state index in [9.17, 15) is 14.7 Å². The normalized spacial score (nSPS) is 9.93. The van der Waals surface area contributed by atoms with E-state index in [-0.39, 0.29) is 18.6 Å². The number of hydrogen-bond acceptors (Lipinski definition) is 3. The predicted molar refractivity (Wildman–Crippen MR) is 54.4 cm³/mol. The van der Waals surface area contributed by atoms with Crippen LogP contribution in [0.3, 0.4) is 0 Å². The van der Waals surface area contributed by atoms with E-state index in [0.29, 0.717) is 12.0 Å². The first kappa shape index (κ1) is 11.4. The monoisotopic (exact) mass is 205 g/mol. The number of aryl methyl sites for hydroxylation is 1. The van der Waals surface area contributed by atoms with Gasteiger partial charge in [-0.05, 0) is 25.8 Å². The highest BCUT2D eigenvalue weighted by Crippen LogP contribution is 2.08. The summed E-state index contributed by atoms with van der Waals surface area (Å²) in [6.45, 7) is 1.91. The number of ketones is 1. The van der Waals surface area contributed by atoms with Gasteiger partial charge in [-0.1, -0.05) is 23.8 Å². The molecule has 1 aromatic carbocycles. The van der Waals surface area contributed by atoms with Gasteiger partial charge in [0.15, 0.2) is 5.78 Å². The third-order valence-corrected chi connectivity index (χ3v) is 2.12. The van der Waals surface area contributed by atoms with Gasteiger partial charge >= 0.3 is 0 Å². The molecule has 0 aliphatic heterocycles. The largest absolute Gasteiger partial charge is 0.550 e. The van der Waals surface area contributed by atoms with Crippen molar-refractivity contribution in [3.8, 4) is 0 Å². The highest BCUT2D eigenvalue weighted by atomic mass is 16.4. The fraction of sp³-hybridized carbons (Fsp3) is 0.333. The molecule has 0 aliphatic carbocycles. The van der Waals surface area contributed by atoms with Gasteiger partial charge in [0.1, 0.15) is 0 Å². The highest BCUT2D eigenvalue weighted by Gasteiger charge is 2.04. The summed E-state index contributed by atoms with van der Waals surface area (Å²) in [7, 11) is 0. The van der Waals surface area contributed by atoms with Crippen LogP contribution < -0.4 is 5.11 Å². The van der Waals surface area contributed by atoms with E-state index < -0.39 is 5.97 Å². The smallest absolute Gasteiger partial charge is 0.162 e. The Bertz CT molecular complexity index is 369. The summed E-state index contributed by atoms with van der Waals surface area (Å²) in [6.07, 6.45) is 0.546. The van der Waals surface area contributed by atoms with Crippen molar-refractivity contribution in [1.82, 2.24) is 0 Å². The van der Waals surface area contributed by atoms with Crippen molar-refractivity contribution in [2.24, 2.45) is 0 Å². The van der Waals surface area contributed by atoms with Crippen LogP contribution in [0.4, 0.5) is 0 Å². The van der Waals surface area contributed by atoms with Crippen LogP contribution in [0.5, 0.6) is 0 Å². The van der Waals surface area contributed by atoms with E-state index >= 15 is 0 Å². The number of rotatable bonds is 5. The number of Topliss-reactive ketones (excluding diaryl/α,β-unsaturated/α-hetero) is 1. The number of carboxylic acids is 1. The topological polar surface area (TPSA) is 57.2 Å². The second-order valence-corrected chi connectivity index (χ2v) is 3.52. The van der Waals surface area contributed by atoms with Crippen LogP contribution in [-0.4, -0.2) is 11.8 Å². The van der Waals surface area contributed by atoms with E-state index in [0.717, 1.165) is 5.56 Å². The standard InChI is InChI=1S/C12H14O3/c1-9-4-2-5-10(8-9)11(13)6-3-7-12(14)15/h2,4-5,8H,3,6-7H2,1H3,(H,14,15)/p-1. The molecule has 0 bridgehead atoms. The summed E-state index contributed by atoms with van der Waals surface area (Å²) in [5, 5.41) is 10.1. The fourth-order valence-electron chi connectivity index (χ4n) is 1.36. The van der Waals surface area contributed by atoms with Gasteiger partial charge < -0.3 is 9.90 Å². The lowest BCUT2D eigenvalue weighted by molar-refractivity contribution is -0.305. The van der Waals surface area contributed by atoms with Crippen LogP contribution in [0.15, 0.2) is 24.3 Å². The molecule has 0 N–H and O–H groups in total. The maximum Gasteiger partial charge on any atom is 0.162 e.